The Labute approximate surface area is 197 Å². The average Bonchev–Trinajstić information content (AvgIpc) is 3.54. The zero-order chi connectivity index (χ0) is 23.3. The summed E-state index contributed by atoms with van der Waals surface area (Å²) in [4.78, 5) is 14.3. The van der Waals surface area contributed by atoms with Crippen LogP contribution in [0.15, 0.2) is 47.6 Å². The number of aryl methyl sites for hydroxylation is 1. The maximum Gasteiger partial charge on any atom is 0.243 e. The van der Waals surface area contributed by atoms with Crippen molar-refractivity contribution in [3.63, 3.8) is 0 Å². The number of nitrogens with zero attached hydrogens (tertiary/aromatic N) is 6. The molecule has 0 aliphatic carbocycles. The van der Waals surface area contributed by atoms with Gasteiger partial charge in [-0.15, -0.1) is 10.2 Å². The van der Waals surface area contributed by atoms with Gasteiger partial charge in [-0.2, -0.15) is 9.40 Å². The van der Waals surface area contributed by atoms with Crippen LogP contribution >= 0.6 is 0 Å². The number of hydrogen-bond acceptors (Lipinski definition) is 7. The van der Waals surface area contributed by atoms with E-state index in [4.69, 9.17) is 4.74 Å². The first-order valence-electron chi connectivity index (χ1n) is 11.5. The van der Waals surface area contributed by atoms with Crippen LogP contribution < -0.4 is 9.64 Å². The molecule has 3 aliphatic rings. The van der Waals surface area contributed by atoms with E-state index in [1.165, 1.54) is 4.31 Å². The lowest BCUT2D eigenvalue weighted by Gasteiger charge is -2.31. The quantitative estimate of drug-likeness (QED) is 0.547. The lowest BCUT2D eigenvalue weighted by atomic mass is 10.00. The summed E-state index contributed by atoms with van der Waals surface area (Å²) in [6, 6.07) is 8.85. The lowest BCUT2D eigenvalue weighted by molar-refractivity contribution is -0.118. The van der Waals surface area contributed by atoms with Crippen molar-refractivity contribution >= 4 is 21.6 Å². The Balaban J connectivity index is 1.13. The number of ether oxygens (including phenoxy) is 1. The van der Waals surface area contributed by atoms with E-state index in [0.29, 0.717) is 68.3 Å². The molecule has 2 aromatic heterocycles. The van der Waals surface area contributed by atoms with Gasteiger partial charge in [0.2, 0.25) is 21.8 Å². The number of carbonyl (C=O) groups is 1. The van der Waals surface area contributed by atoms with Crippen LogP contribution in [-0.2, 0) is 27.7 Å². The van der Waals surface area contributed by atoms with Gasteiger partial charge in [0.15, 0.2) is 5.82 Å². The zero-order valence-electron chi connectivity index (χ0n) is 18.5. The van der Waals surface area contributed by atoms with Crippen molar-refractivity contribution in [2.24, 2.45) is 0 Å². The van der Waals surface area contributed by atoms with Crippen molar-refractivity contribution in [3.8, 4) is 11.7 Å². The number of hydrogen-bond donors (Lipinski definition) is 0. The van der Waals surface area contributed by atoms with Gasteiger partial charge in [-0.1, -0.05) is 0 Å². The Morgan fingerprint density at radius 3 is 2.47 bits per heavy atom. The molecule has 1 saturated heterocycles. The van der Waals surface area contributed by atoms with Crippen LogP contribution in [0, 0.1) is 0 Å². The molecule has 1 fully saturated rings. The molecule has 3 aliphatic heterocycles. The van der Waals surface area contributed by atoms with E-state index in [-0.39, 0.29) is 12.0 Å². The van der Waals surface area contributed by atoms with Crippen LogP contribution in [0.4, 0.5) is 5.69 Å². The Kier molecular flexibility index (Phi) is 5.10. The van der Waals surface area contributed by atoms with E-state index in [0.717, 1.165) is 16.8 Å². The summed E-state index contributed by atoms with van der Waals surface area (Å²) >= 11 is 0. The molecule has 0 unspecified atom stereocenters. The van der Waals surface area contributed by atoms with Crippen molar-refractivity contribution in [1.29, 1.82) is 0 Å². The topological polar surface area (TPSA) is 111 Å². The van der Waals surface area contributed by atoms with Crippen molar-refractivity contribution in [2.75, 3.05) is 24.5 Å². The highest BCUT2D eigenvalue weighted by Gasteiger charge is 2.35. The summed E-state index contributed by atoms with van der Waals surface area (Å²) < 4.78 is 35.9. The third kappa shape index (κ3) is 3.64. The van der Waals surface area contributed by atoms with Crippen LogP contribution in [0.25, 0.3) is 5.82 Å². The predicted molar refractivity (Wildman–Crippen MR) is 122 cm³/mol. The fraction of sp³-hybridized carbons (Fsp3) is 0.391. The number of carbonyl (C=O) groups excluding carboxylic acids is 1. The second-order valence-corrected chi connectivity index (χ2v) is 10.7. The number of rotatable bonds is 5. The molecule has 0 bridgehead atoms. The van der Waals surface area contributed by atoms with Gasteiger partial charge in [0, 0.05) is 44.5 Å². The minimum Gasteiger partial charge on any atom is -0.473 e. The number of sulfonamides is 1. The van der Waals surface area contributed by atoms with Gasteiger partial charge in [-0.05, 0) is 61.1 Å². The van der Waals surface area contributed by atoms with Crippen molar-refractivity contribution in [3.05, 3.63) is 53.9 Å². The van der Waals surface area contributed by atoms with E-state index >= 15 is 0 Å². The smallest absolute Gasteiger partial charge is 0.243 e. The summed E-state index contributed by atoms with van der Waals surface area (Å²) in [7, 11) is -3.61. The summed E-state index contributed by atoms with van der Waals surface area (Å²) in [5, 5.41) is 12.4. The highest BCUT2D eigenvalue weighted by Crippen LogP contribution is 2.39. The molecule has 0 N–H and O–H groups in total. The molecule has 0 saturated carbocycles. The Hall–Kier alpha value is -3.31. The van der Waals surface area contributed by atoms with Gasteiger partial charge in [0.25, 0.3) is 0 Å². The predicted octanol–water partition coefficient (Wildman–Crippen LogP) is 1.73. The normalized spacial score (nSPS) is 18.8. The Morgan fingerprint density at radius 2 is 1.76 bits per heavy atom. The molecule has 1 amide bonds. The first kappa shape index (κ1) is 21.2. The summed E-state index contributed by atoms with van der Waals surface area (Å²) in [6.07, 6.45) is 6.20. The molecule has 0 spiro atoms. The minimum atomic E-state index is -3.61. The van der Waals surface area contributed by atoms with Crippen LogP contribution in [0.1, 0.15) is 30.4 Å². The molecule has 11 heteroatoms. The van der Waals surface area contributed by atoms with E-state index in [2.05, 4.69) is 15.3 Å². The van der Waals surface area contributed by atoms with Gasteiger partial charge in [-0.3, -0.25) is 4.79 Å². The average molecular weight is 481 g/mol. The highest BCUT2D eigenvalue weighted by molar-refractivity contribution is 7.89. The molecule has 34 heavy (non-hydrogen) atoms. The maximum absolute atomic E-state index is 13.4. The van der Waals surface area contributed by atoms with Crippen molar-refractivity contribution < 1.29 is 17.9 Å². The molecule has 6 rings (SSSR count). The summed E-state index contributed by atoms with van der Waals surface area (Å²) in [5.41, 5.74) is 2.85. The van der Waals surface area contributed by atoms with Gasteiger partial charge in [0.05, 0.1) is 10.6 Å². The van der Waals surface area contributed by atoms with E-state index in [1.54, 1.807) is 46.2 Å². The number of piperidine rings is 1. The lowest BCUT2D eigenvalue weighted by Crippen LogP contribution is -2.42. The Bertz CT molecular complexity index is 1330. The molecule has 0 radical (unpaired) electrons. The van der Waals surface area contributed by atoms with Crippen molar-refractivity contribution in [1.82, 2.24) is 24.3 Å². The fourth-order valence-corrected chi connectivity index (χ4v) is 6.56. The third-order valence-corrected chi connectivity index (χ3v) is 8.59. The first-order chi connectivity index (χ1) is 16.5. The molecular formula is C23H24N6O4S. The highest BCUT2D eigenvalue weighted by atomic mass is 32.2. The van der Waals surface area contributed by atoms with Crippen molar-refractivity contribution in [2.45, 2.75) is 43.1 Å². The van der Waals surface area contributed by atoms with Gasteiger partial charge in [-0.25, -0.2) is 13.1 Å². The maximum atomic E-state index is 13.4. The molecule has 0 atom stereocenters. The second kappa shape index (κ2) is 8.17. The molecule has 1 aromatic carbocycles. The van der Waals surface area contributed by atoms with Gasteiger partial charge < -0.3 is 9.64 Å². The first-order valence-corrected chi connectivity index (χ1v) is 12.9. The van der Waals surface area contributed by atoms with E-state index in [1.807, 2.05) is 6.07 Å². The number of amides is 1. The van der Waals surface area contributed by atoms with Crippen LogP contribution in [0.5, 0.6) is 5.88 Å². The summed E-state index contributed by atoms with van der Waals surface area (Å²) in [5.74, 6) is 1.14. The zero-order valence-corrected chi connectivity index (χ0v) is 19.3. The van der Waals surface area contributed by atoms with E-state index < -0.39 is 10.0 Å². The molecule has 5 heterocycles. The monoisotopic (exact) mass is 480 g/mol. The van der Waals surface area contributed by atoms with Gasteiger partial charge in [0.1, 0.15) is 6.10 Å². The molecule has 176 valence electrons. The third-order valence-electron chi connectivity index (χ3n) is 6.72. The minimum absolute atomic E-state index is 0.128. The van der Waals surface area contributed by atoms with Crippen LogP contribution in [0.2, 0.25) is 0 Å². The number of anilines is 1. The molecule has 10 nitrogen and oxygen atoms in total. The molecule has 3 aromatic rings. The van der Waals surface area contributed by atoms with Crippen LogP contribution in [-0.4, -0.2) is 64.3 Å². The second-order valence-electron chi connectivity index (χ2n) is 8.79. The summed E-state index contributed by atoms with van der Waals surface area (Å²) in [6.45, 7) is 1.39. The largest absolute Gasteiger partial charge is 0.473 e. The van der Waals surface area contributed by atoms with Crippen LogP contribution in [0.3, 0.4) is 0 Å². The molecular weight excluding hydrogens is 456 g/mol. The van der Waals surface area contributed by atoms with Gasteiger partial charge >= 0.3 is 0 Å². The fourth-order valence-electron chi connectivity index (χ4n) is 4.99. The number of benzene rings is 1. The SMILES string of the molecule is O=C1CCc2cc(S(=O)(=O)N3CCC(Oc4ccc(-n5cccn5)nn4)CC3)cc3c2N1CC3. The number of aromatic nitrogens is 4. The van der Waals surface area contributed by atoms with E-state index in [9.17, 15) is 13.2 Å². The standard InChI is InChI=1S/C23H24N6O4S/c30-22-5-2-16-14-19(15-17-6-13-28(22)23(16)17)34(31,32)27-11-7-18(8-12-27)33-21-4-3-20(25-26-21)29-10-1-9-24-29/h1,3-4,9-10,14-15,18H,2,5-8,11-13H2. The Morgan fingerprint density at radius 1 is 0.971 bits per heavy atom.